The third-order valence-electron chi connectivity index (χ3n) is 4.02. The standard InChI is InChI=1S/C20H22FN5O2.HI/c1-13-14(2)27-19(26-13)12-25-20(22-3)24-10-15-6-7-18(17(21)9-15)28-16-5-4-8-23-11-16;/h4-9,11H,10,12H2,1-3H3,(H2,22,24,25);1H. The summed E-state index contributed by atoms with van der Waals surface area (Å²) in [6.45, 7) is 4.56. The molecular formula is C20H23FIN5O2. The highest BCUT2D eigenvalue weighted by Crippen LogP contribution is 2.24. The fraction of sp³-hybridized carbons (Fsp3) is 0.250. The second-order valence-corrected chi connectivity index (χ2v) is 6.08. The van der Waals surface area contributed by atoms with Crippen molar-refractivity contribution in [2.45, 2.75) is 26.9 Å². The first-order chi connectivity index (χ1) is 13.5. The molecule has 0 bridgehead atoms. The number of guanidine groups is 1. The van der Waals surface area contributed by atoms with Gasteiger partial charge in [-0.3, -0.25) is 9.98 Å². The van der Waals surface area contributed by atoms with Gasteiger partial charge in [0.15, 0.2) is 17.5 Å². The Morgan fingerprint density at radius 1 is 1.21 bits per heavy atom. The third kappa shape index (κ3) is 6.41. The molecule has 3 rings (SSSR count). The van der Waals surface area contributed by atoms with Crippen molar-refractivity contribution in [1.29, 1.82) is 0 Å². The monoisotopic (exact) mass is 511 g/mol. The van der Waals surface area contributed by atoms with E-state index in [9.17, 15) is 4.39 Å². The second-order valence-electron chi connectivity index (χ2n) is 6.08. The second kappa shape index (κ2) is 10.7. The largest absolute Gasteiger partial charge is 0.453 e. The zero-order chi connectivity index (χ0) is 19.9. The fourth-order valence-corrected chi connectivity index (χ4v) is 2.45. The van der Waals surface area contributed by atoms with Gasteiger partial charge in [-0.25, -0.2) is 9.37 Å². The Hall–Kier alpha value is -2.69. The lowest BCUT2D eigenvalue weighted by molar-refractivity contribution is 0.440. The number of nitrogens with one attached hydrogen (secondary N) is 2. The molecule has 3 aromatic rings. The number of ether oxygens (including phenoxy) is 1. The first kappa shape index (κ1) is 22.6. The van der Waals surface area contributed by atoms with Crippen molar-refractivity contribution < 1.29 is 13.5 Å². The van der Waals surface area contributed by atoms with Gasteiger partial charge in [-0.05, 0) is 43.7 Å². The first-order valence-electron chi connectivity index (χ1n) is 8.79. The Bertz CT molecular complexity index is 943. The number of aryl methyl sites for hydroxylation is 2. The summed E-state index contributed by atoms with van der Waals surface area (Å²) in [4.78, 5) is 12.4. The Kier molecular flexibility index (Phi) is 8.37. The molecule has 0 aliphatic heterocycles. The molecule has 0 saturated carbocycles. The average molecular weight is 511 g/mol. The topological polar surface area (TPSA) is 84.6 Å². The predicted molar refractivity (Wildman–Crippen MR) is 119 cm³/mol. The van der Waals surface area contributed by atoms with Crippen LogP contribution in [0.1, 0.15) is 22.9 Å². The molecule has 1 aromatic carbocycles. The van der Waals surface area contributed by atoms with Crippen molar-refractivity contribution >= 4 is 29.9 Å². The summed E-state index contributed by atoms with van der Waals surface area (Å²) < 4.78 is 25.3. The van der Waals surface area contributed by atoms with Crippen molar-refractivity contribution in [1.82, 2.24) is 20.6 Å². The van der Waals surface area contributed by atoms with Gasteiger partial charge in [0.2, 0.25) is 5.89 Å². The van der Waals surface area contributed by atoms with Crippen LogP contribution in [0, 0.1) is 19.7 Å². The summed E-state index contributed by atoms with van der Waals surface area (Å²) in [5.41, 5.74) is 1.62. The minimum atomic E-state index is -0.447. The maximum absolute atomic E-state index is 14.3. The molecule has 0 atom stereocenters. The minimum absolute atomic E-state index is 0. The summed E-state index contributed by atoms with van der Waals surface area (Å²) in [7, 11) is 1.66. The molecule has 0 fully saturated rings. The van der Waals surface area contributed by atoms with Crippen molar-refractivity contribution in [2.24, 2.45) is 4.99 Å². The number of nitrogens with zero attached hydrogens (tertiary/aromatic N) is 3. The Morgan fingerprint density at radius 3 is 2.62 bits per heavy atom. The minimum Gasteiger partial charge on any atom is -0.453 e. The lowest BCUT2D eigenvalue weighted by Gasteiger charge is -2.12. The number of pyridine rings is 1. The first-order valence-corrected chi connectivity index (χ1v) is 8.79. The van der Waals surface area contributed by atoms with Crippen molar-refractivity contribution in [3.05, 3.63) is 71.5 Å². The molecule has 2 N–H and O–H groups in total. The Labute approximate surface area is 185 Å². The molecule has 2 aromatic heterocycles. The highest BCUT2D eigenvalue weighted by atomic mass is 127. The summed E-state index contributed by atoms with van der Waals surface area (Å²) in [5, 5.41) is 6.24. The summed E-state index contributed by atoms with van der Waals surface area (Å²) in [6, 6.07) is 8.25. The smallest absolute Gasteiger partial charge is 0.214 e. The van der Waals surface area contributed by atoms with Gasteiger partial charge in [0.05, 0.1) is 18.4 Å². The molecule has 0 aliphatic carbocycles. The molecule has 0 radical (unpaired) electrons. The zero-order valence-electron chi connectivity index (χ0n) is 16.4. The highest BCUT2D eigenvalue weighted by molar-refractivity contribution is 14.0. The molecule has 0 spiro atoms. The van der Waals surface area contributed by atoms with Crippen LogP contribution in [0.4, 0.5) is 4.39 Å². The summed E-state index contributed by atoms with van der Waals surface area (Å²) in [6.07, 6.45) is 3.16. The quantitative estimate of drug-likeness (QED) is 0.295. The van der Waals surface area contributed by atoms with Gasteiger partial charge in [-0.2, -0.15) is 0 Å². The number of hydrogen-bond donors (Lipinski definition) is 2. The van der Waals surface area contributed by atoms with Crippen molar-refractivity contribution in [3.8, 4) is 11.5 Å². The van der Waals surface area contributed by atoms with E-state index in [1.807, 2.05) is 13.8 Å². The van der Waals surface area contributed by atoms with Gasteiger partial charge in [0.25, 0.3) is 0 Å². The van der Waals surface area contributed by atoms with Crippen LogP contribution in [0.3, 0.4) is 0 Å². The van der Waals surface area contributed by atoms with Crippen molar-refractivity contribution in [3.63, 3.8) is 0 Å². The van der Waals surface area contributed by atoms with Crippen LogP contribution in [0.5, 0.6) is 11.5 Å². The molecule has 9 heteroatoms. The number of oxazole rings is 1. The van der Waals surface area contributed by atoms with Crippen LogP contribution in [0.15, 0.2) is 52.1 Å². The molecule has 154 valence electrons. The van der Waals surface area contributed by atoms with E-state index in [1.165, 1.54) is 12.3 Å². The predicted octanol–water partition coefficient (Wildman–Crippen LogP) is 4.10. The third-order valence-corrected chi connectivity index (χ3v) is 4.02. The zero-order valence-corrected chi connectivity index (χ0v) is 18.7. The van der Waals surface area contributed by atoms with Gasteiger partial charge in [-0.1, -0.05) is 6.07 Å². The van der Waals surface area contributed by atoms with E-state index in [1.54, 1.807) is 37.5 Å². The summed E-state index contributed by atoms with van der Waals surface area (Å²) >= 11 is 0. The number of rotatable bonds is 6. The maximum atomic E-state index is 14.3. The highest BCUT2D eigenvalue weighted by Gasteiger charge is 2.09. The van der Waals surface area contributed by atoms with Crippen LogP contribution >= 0.6 is 24.0 Å². The summed E-state index contributed by atoms with van der Waals surface area (Å²) in [5.74, 6) is 2.12. The van der Waals surface area contributed by atoms with E-state index in [-0.39, 0.29) is 29.7 Å². The lowest BCUT2D eigenvalue weighted by atomic mass is 10.2. The fourth-order valence-electron chi connectivity index (χ4n) is 2.45. The van der Waals surface area contributed by atoms with E-state index in [0.29, 0.717) is 30.7 Å². The number of aromatic nitrogens is 2. The molecule has 0 saturated heterocycles. The van der Waals surface area contributed by atoms with Crippen LogP contribution in [0.2, 0.25) is 0 Å². The molecule has 0 amide bonds. The van der Waals surface area contributed by atoms with Gasteiger partial charge in [0, 0.05) is 19.8 Å². The molecule has 7 nitrogen and oxygen atoms in total. The molecule has 29 heavy (non-hydrogen) atoms. The molecular weight excluding hydrogens is 488 g/mol. The SMILES string of the molecule is CN=C(NCc1ccc(Oc2cccnc2)c(F)c1)NCc1nc(C)c(C)o1.I. The Morgan fingerprint density at radius 2 is 2.00 bits per heavy atom. The van der Waals surface area contributed by atoms with Crippen LogP contribution in [-0.2, 0) is 13.1 Å². The Balaban J connectivity index is 0.00000300. The average Bonchev–Trinajstić information content (AvgIpc) is 3.02. The van der Waals surface area contributed by atoms with E-state index in [4.69, 9.17) is 9.15 Å². The molecule has 0 unspecified atom stereocenters. The van der Waals surface area contributed by atoms with E-state index in [0.717, 1.165) is 17.0 Å². The van der Waals surface area contributed by atoms with Crippen LogP contribution in [0.25, 0.3) is 0 Å². The molecule has 0 aliphatic rings. The maximum Gasteiger partial charge on any atom is 0.214 e. The van der Waals surface area contributed by atoms with Gasteiger partial charge in [0.1, 0.15) is 11.5 Å². The number of halogens is 2. The van der Waals surface area contributed by atoms with Gasteiger partial charge >= 0.3 is 0 Å². The molecule has 2 heterocycles. The van der Waals surface area contributed by atoms with Crippen molar-refractivity contribution in [2.75, 3.05) is 7.05 Å². The number of benzene rings is 1. The normalized spacial score (nSPS) is 11.0. The lowest BCUT2D eigenvalue weighted by Crippen LogP contribution is -2.36. The van der Waals surface area contributed by atoms with Crippen LogP contribution < -0.4 is 15.4 Å². The van der Waals surface area contributed by atoms with E-state index in [2.05, 4.69) is 25.6 Å². The number of aliphatic imine (C=N–C) groups is 1. The van der Waals surface area contributed by atoms with Crippen LogP contribution in [-0.4, -0.2) is 23.0 Å². The number of hydrogen-bond acceptors (Lipinski definition) is 5. The van der Waals surface area contributed by atoms with E-state index >= 15 is 0 Å². The van der Waals surface area contributed by atoms with Gasteiger partial charge in [-0.15, -0.1) is 24.0 Å². The van der Waals surface area contributed by atoms with Gasteiger partial charge < -0.3 is 19.8 Å². The van der Waals surface area contributed by atoms with E-state index < -0.39 is 5.82 Å².